The molecule has 0 N–H and O–H groups in total. The van der Waals surface area contributed by atoms with Crippen molar-refractivity contribution in [3.63, 3.8) is 0 Å². The quantitative estimate of drug-likeness (QED) is 0.0773. The molecule has 4 rings (SSSR count). The van der Waals surface area contributed by atoms with Crippen LogP contribution in [0.15, 0.2) is 97.1 Å². The zero-order valence-electron chi connectivity index (χ0n) is 27.0. The molecule has 4 aromatic rings. The summed E-state index contributed by atoms with van der Waals surface area (Å²) in [6.45, 7) is 8.01. The van der Waals surface area contributed by atoms with Gasteiger partial charge < -0.3 is 0 Å². The van der Waals surface area contributed by atoms with Crippen molar-refractivity contribution in [2.24, 2.45) is 0 Å². The molecule has 0 radical (unpaired) electrons. The lowest BCUT2D eigenvalue weighted by atomic mass is 10.1. The molecule has 45 heavy (non-hydrogen) atoms. The molecular weight excluding hydrogens is 573 g/mol. The van der Waals surface area contributed by atoms with E-state index < -0.39 is 8.07 Å². The van der Waals surface area contributed by atoms with E-state index in [1.165, 1.54) is 0 Å². The van der Waals surface area contributed by atoms with Crippen molar-refractivity contribution < 1.29 is 19.2 Å². The summed E-state index contributed by atoms with van der Waals surface area (Å²) in [7, 11) is -3.05. The third-order valence-corrected chi connectivity index (χ3v) is 13.3. The first-order chi connectivity index (χ1) is 21.8. The van der Waals surface area contributed by atoms with Crippen LogP contribution in [-0.2, 0) is 0 Å². The normalized spacial score (nSPS) is 11.3. The summed E-state index contributed by atoms with van der Waals surface area (Å²) in [5, 5.41) is 4.29. The van der Waals surface area contributed by atoms with Crippen molar-refractivity contribution in [2.45, 2.75) is 79.1 Å². The first-order valence-corrected chi connectivity index (χ1v) is 18.3. The maximum Gasteiger partial charge on any atom is 0.179 e. The summed E-state index contributed by atoms with van der Waals surface area (Å²) < 4.78 is 0. The van der Waals surface area contributed by atoms with Gasteiger partial charge in [-0.05, 0) is 46.4 Å². The van der Waals surface area contributed by atoms with Crippen LogP contribution in [0.2, 0.25) is 0 Å². The lowest BCUT2D eigenvalue weighted by molar-refractivity contribution is 0.0973. The van der Waals surface area contributed by atoms with Crippen LogP contribution in [0.5, 0.6) is 0 Å². The van der Waals surface area contributed by atoms with Crippen LogP contribution < -0.4 is 20.7 Å². The van der Waals surface area contributed by atoms with Crippen molar-refractivity contribution in [2.75, 3.05) is 0 Å². The summed E-state index contributed by atoms with van der Waals surface area (Å²) in [6, 6.07) is 31.9. The van der Waals surface area contributed by atoms with Crippen LogP contribution in [0.1, 0.15) is 120 Å². The van der Waals surface area contributed by atoms with Gasteiger partial charge in [0.25, 0.3) is 0 Å². The van der Waals surface area contributed by atoms with E-state index in [4.69, 9.17) is 0 Å². The Bertz CT molecular complexity index is 1360. The largest absolute Gasteiger partial charge is 0.294 e. The highest BCUT2D eigenvalue weighted by Crippen LogP contribution is 2.16. The Hall–Kier alpha value is -4.22. The third-order valence-electron chi connectivity index (χ3n) is 8.47. The number of ketones is 4. The van der Waals surface area contributed by atoms with Crippen molar-refractivity contribution in [3.05, 3.63) is 119 Å². The highest BCUT2D eigenvalue weighted by molar-refractivity contribution is 7.19. The van der Waals surface area contributed by atoms with Crippen molar-refractivity contribution in [1.82, 2.24) is 0 Å². The van der Waals surface area contributed by atoms with Crippen LogP contribution in [0.4, 0.5) is 0 Å². The number of hydrogen-bond donors (Lipinski definition) is 0. The second-order valence-corrected chi connectivity index (χ2v) is 15.6. The van der Waals surface area contributed by atoms with Gasteiger partial charge in [0.05, 0.1) is 0 Å². The highest BCUT2D eigenvalue weighted by Gasteiger charge is 2.41. The van der Waals surface area contributed by atoms with Crippen LogP contribution in [-0.4, -0.2) is 31.2 Å². The lowest BCUT2D eigenvalue weighted by Crippen LogP contribution is -2.74. The molecule has 4 aromatic carbocycles. The number of rotatable bonds is 16. The monoisotopic (exact) mass is 616 g/mol. The molecule has 0 atom stereocenters. The number of Topliss-reactive ketones (excluding diaryl/α,β-unsaturated/α-hetero) is 4. The van der Waals surface area contributed by atoms with Gasteiger partial charge in [-0.25, -0.2) is 0 Å². The first kappa shape index (κ1) is 33.7. The molecule has 4 nitrogen and oxygen atoms in total. The minimum Gasteiger partial charge on any atom is -0.294 e. The summed E-state index contributed by atoms with van der Waals surface area (Å²) in [5.41, 5.74) is 2.74. The zero-order valence-corrected chi connectivity index (χ0v) is 28.0. The van der Waals surface area contributed by atoms with Crippen molar-refractivity contribution >= 4 is 52.0 Å². The van der Waals surface area contributed by atoms with Gasteiger partial charge in [0.1, 0.15) is 0 Å². The summed E-state index contributed by atoms with van der Waals surface area (Å²) in [4.78, 5) is 51.2. The number of benzene rings is 4. The lowest BCUT2D eigenvalue weighted by Gasteiger charge is -2.35. The van der Waals surface area contributed by atoms with E-state index in [0.717, 1.165) is 46.4 Å². The summed E-state index contributed by atoms with van der Waals surface area (Å²) in [5.74, 6) is 0.473. The van der Waals surface area contributed by atoms with Gasteiger partial charge in [0.2, 0.25) is 0 Å². The van der Waals surface area contributed by atoms with Gasteiger partial charge in [-0.2, -0.15) is 0 Å². The Labute approximate surface area is 268 Å². The average Bonchev–Trinajstić information content (AvgIpc) is 3.07. The molecule has 0 spiro atoms. The van der Waals surface area contributed by atoms with Gasteiger partial charge in [0.15, 0.2) is 31.2 Å². The minimum absolute atomic E-state index is 0.118. The molecule has 0 aliphatic heterocycles. The van der Waals surface area contributed by atoms with Crippen LogP contribution in [0.25, 0.3) is 0 Å². The highest BCUT2D eigenvalue weighted by atomic mass is 28.3. The van der Waals surface area contributed by atoms with Gasteiger partial charge in [0, 0.05) is 47.9 Å². The molecule has 0 saturated carbocycles. The van der Waals surface area contributed by atoms with Gasteiger partial charge >= 0.3 is 0 Å². The number of carbonyl (C=O) groups excluding carboxylic acids is 4. The molecule has 0 aliphatic carbocycles. The average molecular weight is 617 g/mol. The van der Waals surface area contributed by atoms with E-state index in [1.807, 2.05) is 76.2 Å². The van der Waals surface area contributed by atoms with E-state index in [0.29, 0.717) is 47.9 Å². The molecule has 232 valence electrons. The third kappa shape index (κ3) is 7.37. The van der Waals surface area contributed by atoms with E-state index in [2.05, 4.69) is 48.5 Å². The van der Waals surface area contributed by atoms with Crippen molar-refractivity contribution in [3.8, 4) is 0 Å². The predicted molar refractivity (Wildman–Crippen MR) is 187 cm³/mol. The Morgan fingerprint density at radius 3 is 0.689 bits per heavy atom. The number of carbonyl (C=O) groups is 4. The van der Waals surface area contributed by atoms with Crippen LogP contribution in [0.3, 0.4) is 0 Å². The van der Waals surface area contributed by atoms with Gasteiger partial charge in [-0.15, -0.1) is 0 Å². The zero-order chi connectivity index (χ0) is 32.4. The summed E-state index contributed by atoms with van der Waals surface area (Å²) in [6.07, 6.45) is 5.13. The molecule has 0 bridgehead atoms. The molecule has 0 aromatic heterocycles. The molecule has 0 aliphatic rings. The molecule has 0 fully saturated rings. The molecule has 0 saturated heterocycles. The minimum atomic E-state index is -3.05. The van der Waals surface area contributed by atoms with Crippen molar-refractivity contribution in [1.29, 1.82) is 0 Å². The molecule has 5 heteroatoms. The predicted octanol–water partition coefficient (Wildman–Crippen LogP) is 7.00. The standard InChI is InChI=1S/C40H44O4Si/c1-5-9-37(41)29-13-21-33(22-14-29)45(34-23-15-30(16-24-34)38(42)10-6-2,35-25-17-31(18-26-35)39(43)11-7-3)36-27-19-32(20-28-36)40(44)12-8-4/h13-28H,5-12H2,1-4H3. The molecule has 0 heterocycles. The van der Waals surface area contributed by atoms with Crippen LogP contribution >= 0.6 is 0 Å². The Morgan fingerprint density at radius 1 is 0.356 bits per heavy atom. The Balaban J connectivity index is 2.00. The van der Waals surface area contributed by atoms with E-state index in [-0.39, 0.29) is 23.1 Å². The van der Waals surface area contributed by atoms with E-state index in [9.17, 15) is 19.2 Å². The van der Waals surface area contributed by atoms with Gasteiger partial charge in [-0.1, -0.05) is 125 Å². The second kappa shape index (κ2) is 15.7. The Morgan fingerprint density at radius 2 is 0.533 bits per heavy atom. The molecular formula is C40H44O4Si. The molecule has 0 unspecified atom stereocenters. The second-order valence-electron chi connectivity index (χ2n) is 11.8. The van der Waals surface area contributed by atoms with Crippen LogP contribution in [0, 0.1) is 0 Å². The first-order valence-electron chi connectivity index (χ1n) is 16.3. The fourth-order valence-electron chi connectivity index (χ4n) is 6.11. The SMILES string of the molecule is CCCC(=O)c1ccc([Si](c2ccc(C(=O)CCC)cc2)(c2ccc(C(=O)CCC)cc2)c2ccc(C(=O)CCC)cc2)cc1. The Kier molecular flexibility index (Phi) is 11.7. The maximum atomic E-state index is 12.8. The topological polar surface area (TPSA) is 68.3 Å². The maximum absolute atomic E-state index is 12.8. The van der Waals surface area contributed by atoms with E-state index in [1.54, 1.807) is 0 Å². The summed E-state index contributed by atoms with van der Waals surface area (Å²) >= 11 is 0. The fourth-order valence-corrected chi connectivity index (χ4v) is 10.8. The smallest absolute Gasteiger partial charge is 0.179 e. The number of hydrogen-bond acceptors (Lipinski definition) is 4. The van der Waals surface area contributed by atoms with E-state index >= 15 is 0 Å². The molecule has 0 amide bonds. The fraction of sp³-hybridized carbons (Fsp3) is 0.300. The van der Waals surface area contributed by atoms with Gasteiger partial charge in [-0.3, -0.25) is 19.2 Å².